The molecule has 1 heterocycles. The molecule has 142 valence electrons. The van der Waals surface area contributed by atoms with Crippen LogP contribution >= 0.6 is 0 Å². The molecule has 1 aromatic heterocycles. The summed E-state index contributed by atoms with van der Waals surface area (Å²) < 4.78 is 31.5. The van der Waals surface area contributed by atoms with Crippen LogP contribution in [-0.2, 0) is 13.1 Å². The summed E-state index contributed by atoms with van der Waals surface area (Å²) in [5, 5.41) is 10.6. The summed E-state index contributed by atoms with van der Waals surface area (Å²) in [5.74, 6) is 0.772. The largest absolute Gasteiger partial charge is 0.434 e. The molecule has 0 amide bonds. The second kappa shape index (κ2) is 9.74. The van der Waals surface area contributed by atoms with Crippen molar-refractivity contribution in [1.29, 1.82) is 0 Å². The van der Waals surface area contributed by atoms with E-state index in [0.29, 0.717) is 24.6 Å². The van der Waals surface area contributed by atoms with Gasteiger partial charge >= 0.3 is 6.61 Å². The molecule has 0 saturated carbocycles. The van der Waals surface area contributed by atoms with Crippen LogP contribution in [0.15, 0.2) is 35.6 Å². The molecule has 0 saturated heterocycles. The smallest absolute Gasteiger partial charge is 0.387 e. The Morgan fingerprint density at radius 1 is 1.27 bits per heavy atom. The van der Waals surface area contributed by atoms with Crippen molar-refractivity contribution in [2.45, 2.75) is 40.0 Å². The molecular formula is C18H25F2N5O. The Kier molecular flexibility index (Phi) is 7.37. The van der Waals surface area contributed by atoms with Crippen LogP contribution in [0.25, 0.3) is 0 Å². The van der Waals surface area contributed by atoms with E-state index in [1.165, 1.54) is 0 Å². The maximum absolute atomic E-state index is 12.5. The number of nitrogens with zero attached hydrogens (tertiary/aromatic N) is 3. The van der Waals surface area contributed by atoms with E-state index >= 15 is 0 Å². The second-order valence-electron chi connectivity index (χ2n) is 5.98. The van der Waals surface area contributed by atoms with Crippen LogP contribution in [-0.4, -0.2) is 35.9 Å². The van der Waals surface area contributed by atoms with E-state index in [0.717, 1.165) is 24.1 Å². The average molecular weight is 365 g/mol. The molecule has 0 aliphatic rings. The van der Waals surface area contributed by atoms with E-state index < -0.39 is 6.61 Å². The molecule has 2 aromatic rings. The topological polar surface area (TPSA) is 63.5 Å². The first-order valence-electron chi connectivity index (χ1n) is 8.46. The fourth-order valence-corrected chi connectivity index (χ4v) is 2.49. The number of halogens is 2. The van der Waals surface area contributed by atoms with Crippen molar-refractivity contribution < 1.29 is 13.5 Å². The minimum atomic E-state index is -2.85. The van der Waals surface area contributed by atoms with Gasteiger partial charge in [0, 0.05) is 38.4 Å². The monoisotopic (exact) mass is 365 g/mol. The highest BCUT2D eigenvalue weighted by molar-refractivity contribution is 5.79. The second-order valence-corrected chi connectivity index (χ2v) is 5.98. The number of nitrogens with one attached hydrogen (secondary N) is 2. The number of aryl methyl sites for hydroxylation is 3. The van der Waals surface area contributed by atoms with Gasteiger partial charge in [-0.05, 0) is 31.9 Å². The third kappa shape index (κ3) is 6.34. The van der Waals surface area contributed by atoms with Crippen molar-refractivity contribution in [3.8, 4) is 5.75 Å². The Labute approximate surface area is 152 Å². The molecule has 26 heavy (non-hydrogen) atoms. The van der Waals surface area contributed by atoms with E-state index in [-0.39, 0.29) is 5.75 Å². The molecule has 0 radical (unpaired) electrons. The molecule has 0 aliphatic carbocycles. The number of guanidine groups is 1. The van der Waals surface area contributed by atoms with Gasteiger partial charge in [0.25, 0.3) is 0 Å². The summed E-state index contributed by atoms with van der Waals surface area (Å²) in [6, 6.07) is 5.12. The van der Waals surface area contributed by atoms with Gasteiger partial charge in [0.05, 0.1) is 6.20 Å². The molecule has 0 atom stereocenters. The average Bonchev–Trinajstić information content (AvgIpc) is 3.01. The lowest BCUT2D eigenvalue weighted by Crippen LogP contribution is -2.37. The molecule has 0 aliphatic heterocycles. The first-order chi connectivity index (χ1) is 12.5. The Morgan fingerprint density at radius 2 is 2.08 bits per heavy atom. The maximum Gasteiger partial charge on any atom is 0.387 e. The van der Waals surface area contributed by atoms with Crippen LogP contribution in [0.1, 0.15) is 23.1 Å². The molecular weight excluding hydrogens is 340 g/mol. The van der Waals surface area contributed by atoms with Crippen LogP contribution in [0.4, 0.5) is 8.78 Å². The number of aromatic nitrogens is 2. The van der Waals surface area contributed by atoms with Crippen molar-refractivity contribution in [2.75, 3.05) is 13.6 Å². The van der Waals surface area contributed by atoms with Gasteiger partial charge in [-0.1, -0.05) is 17.7 Å². The lowest BCUT2D eigenvalue weighted by Gasteiger charge is -2.15. The fourth-order valence-electron chi connectivity index (χ4n) is 2.49. The van der Waals surface area contributed by atoms with Gasteiger partial charge in [-0.3, -0.25) is 9.67 Å². The quantitative estimate of drug-likeness (QED) is 0.429. The number of aliphatic imine (C=N–C) groups is 1. The summed E-state index contributed by atoms with van der Waals surface area (Å²) in [6.45, 7) is 2.92. The lowest BCUT2D eigenvalue weighted by atomic mass is 10.1. The Bertz CT molecular complexity index is 730. The molecule has 0 spiro atoms. The Hall–Kier alpha value is -2.64. The summed E-state index contributed by atoms with van der Waals surface area (Å²) in [4.78, 5) is 4.15. The zero-order valence-electron chi connectivity index (χ0n) is 15.3. The predicted octanol–water partition coefficient (Wildman–Crippen LogP) is 2.86. The minimum absolute atomic E-state index is 0.169. The number of ether oxygens (including phenoxy) is 1. The van der Waals surface area contributed by atoms with Gasteiger partial charge in [0.1, 0.15) is 5.75 Å². The normalized spacial score (nSPS) is 11.7. The summed E-state index contributed by atoms with van der Waals surface area (Å²) in [7, 11) is 1.67. The molecule has 6 nitrogen and oxygen atoms in total. The Morgan fingerprint density at radius 3 is 2.73 bits per heavy atom. The predicted molar refractivity (Wildman–Crippen MR) is 97.6 cm³/mol. The van der Waals surface area contributed by atoms with Gasteiger partial charge < -0.3 is 15.4 Å². The summed E-state index contributed by atoms with van der Waals surface area (Å²) >= 11 is 0. The summed E-state index contributed by atoms with van der Waals surface area (Å²) in [5.41, 5.74) is 2.76. The molecule has 2 rings (SSSR count). The van der Waals surface area contributed by atoms with Gasteiger partial charge in [0.15, 0.2) is 5.96 Å². The van der Waals surface area contributed by atoms with Crippen LogP contribution in [0.5, 0.6) is 5.75 Å². The van der Waals surface area contributed by atoms with Crippen molar-refractivity contribution in [1.82, 2.24) is 20.4 Å². The molecule has 0 fully saturated rings. The van der Waals surface area contributed by atoms with Crippen molar-refractivity contribution in [3.05, 3.63) is 47.3 Å². The van der Waals surface area contributed by atoms with Gasteiger partial charge in [-0.15, -0.1) is 0 Å². The van der Waals surface area contributed by atoms with E-state index in [4.69, 9.17) is 0 Å². The number of rotatable bonds is 8. The van der Waals surface area contributed by atoms with Crippen LogP contribution in [0, 0.1) is 13.8 Å². The van der Waals surface area contributed by atoms with E-state index in [1.807, 2.05) is 37.0 Å². The van der Waals surface area contributed by atoms with Crippen LogP contribution < -0.4 is 15.4 Å². The first-order valence-corrected chi connectivity index (χ1v) is 8.46. The number of hydrogen-bond donors (Lipinski definition) is 2. The van der Waals surface area contributed by atoms with E-state index in [9.17, 15) is 8.78 Å². The van der Waals surface area contributed by atoms with E-state index in [1.54, 1.807) is 19.2 Å². The zero-order valence-corrected chi connectivity index (χ0v) is 15.3. The van der Waals surface area contributed by atoms with Crippen molar-refractivity contribution in [2.24, 2.45) is 4.99 Å². The number of benzene rings is 1. The molecule has 0 bridgehead atoms. The highest BCUT2D eigenvalue weighted by Gasteiger charge is 2.10. The van der Waals surface area contributed by atoms with Gasteiger partial charge in [-0.2, -0.15) is 13.9 Å². The van der Waals surface area contributed by atoms with Crippen molar-refractivity contribution >= 4 is 5.96 Å². The fraction of sp³-hybridized carbons (Fsp3) is 0.444. The third-order valence-corrected chi connectivity index (χ3v) is 3.72. The molecule has 8 heteroatoms. The molecule has 2 N–H and O–H groups in total. The Balaban J connectivity index is 1.82. The summed E-state index contributed by atoms with van der Waals surface area (Å²) in [6.07, 6.45) is 4.70. The third-order valence-electron chi connectivity index (χ3n) is 3.72. The first kappa shape index (κ1) is 19.7. The number of alkyl halides is 2. The van der Waals surface area contributed by atoms with Gasteiger partial charge in [-0.25, -0.2) is 0 Å². The molecule has 0 unspecified atom stereocenters. The highest BCUT2D eigenvalue weighted by atomic mass is 19.3. The SMILES string of the molecule is CN=C(NCCCn1cc(C)cn1)NCc1cc(C)ccc1OC(F)F. The lowest BCUT2D eigenvalue weighted by molar-refractivity contribution is -0.0504. The number of hydrogen-bond acceptors (Lipinski definition) is 3. The van der Waals surface area contributed by atoms with Gasteiger partial charge in [0.2, 0.25) is 0 Å². The van der Waals surface area contributed by atoms with Crippen LogP contribution in [0.3, 0.4) is 0 Å². The maximum atomic E-state index is 12.5. The van der Waals surface area contributed by atoms with Crippen LogP contribution in [0.2, 0.25) is 0 Å². The van der Waals surface area contributed by atoms with Crippen molar-refractivity contribution in [3.63, 3.8) is 0 Å². The standard InChI is InChI=1S/C18H25F2N5O/c1-13-5-6-16(26-17(19)20)15(9-13)11-23-18(21-3)22-7-4-8-25-12-14(2)10-24-25/h5-6,9-10,12,17H,4,7-8,11H2,1-3H3,(H2,21,22,23). The zero-order chi connectivity index (χ0) is 18.9. The highest BCUT2D eigenvalue weighted by Crippen LogP contribution is 2.21. The minimum Gasteiger partial charge on any atom is -0.434 e. The van der Waals surface area contributed by atoms with E-state index in [2.05, 4.69) is 25.5 Å². The molecule has 1 aromatic carbocycles.